The minimum absolute atomic E-state index is 0.134. The standard InChI is InChI=1S/C26H32ClN3O3/c1-16(2)14-26(6,28)22(24(31)33-25(3,4)5)32-23-20(27)13-17(15-30-23)18-11-12-29-21-10-8-7-9-19(18)21/h7-13,15-16,22H,14,28H2,1-6H3/t22-,26?/m1/s1. The fourth-order valence-corrected chi connectivity index (χ4v) is 4.12. The molecule has 0 bridgehead atoms. The fourth-order valence-electron chi connectivity index (χ4n) is 3.91. The van der Waals surface area contributed by atoms with Gasteiger partial charge in [0.1, 0.15) is 10.6 Å². The molecule has 2 heterocycles. The summed E-state index contributed by atoms with van der Waals surface area (Å²) in [5, 5.41) is 1.27. The van der Waals surface area contributed by atoms with E-state index < -0.39 is 23.2 Å². The molecule has 7 heteroatoms. The van der Waals surface area contributed by atoms with Crippen molar-refractivity contribution < 1.29 is 14.3 Å². The lowest BCUT2D eigenvalue weighted by Crippen LogP contribution is -2.57. The average molecular weight is 470 g/mol. The van der Waals surface area contributed by atoms with Gasteiger partial charge in [0.15, 0.2) is 0 Å². The number of esters is 1. The van der Waals surface area contributed by atoms with Crippen LogP contribution in [0.4, 0.5) is 0 Å². The van der Waals surface area contributed by atoms with Crippen LogP contribution in [0.15, 0.2) is 48.8 Å². The summed E-state index contributed by atoms with van der Waals surface area (Å²) in [5.74, 6) is -0.162. The van der Waals surface area contributed by atoms with E-state index in [1.165, 1.54) is 0 Å². The minimum Gasteiger partial charge on any atom is -0.459 e. The van der Waals surface area contributed by atoms with Gasteiger partial charge in [-0.3, -0.25) is 4.98 Å². The second kappa shape index (κ2) is 9.65. The number of carbonyl (C=O) groups is 1. The first kappa shape index (κ1) is 24.9. The van der Waals surface area contributed by atoms with Crippen molar-refractivity contribution in [1.82, 2.24) is 9.97 Å². The van der Waals surface area contributed by atoms with Crippen LogP contribution in [0.25, 0.3) is 22.0 Å². The number of para-hydroxylation sites is 1. The zero-order chi connectivity index (χ0) is 24.4. The molecule has 2 N–H and O–H groups in total. The smallest absolute Gasteiger partial charge is 0.349 e. The number of ether oxygens (including phenoxy) is 2. The average Bonchev–Trinajstić information content (AvgIpc) is 2.70. The number of carbonyl (C=O) groups excluding carboxylic acids is 1. The first-order valence-electron chi connectivity index (χ1n) is 11.1. The van der Waals surface area contributed by atoms with E-state index in [0.29, 0.717) is 6.42 Å². The summed E-state index contributed by atoms with van der Waals surface area (Å²) in [6.45, 7) is 11.3. The van der Waals surface area contributed by atoms with E-state index in [0.717, 1.165) is 22.0 Å². The van der Waals surface area contributed by atoms with Crippen molar-refractivity contribution in [3.63, 3.8) is 0 Å². The minimum atomic E-state index is -1.07. The van der Waals surface area contributed by atoms with Crippen molar-refractivity contribution in [2.75, 3.05) is 0 Å². The van der Waals surface area contributed by atoms with Gasteiger partial charge in [-0.05, 0) is 63.8 Å². The molecule has 3 rings (SSSR count). The number of hydrogen-bond acceptors (Lipinski definition) is 6. The third kappa shape index (κ3) is 6.21. The van der Waals surface area contributed by atoms with Crippen LogP contribution in [0.2, 0.25) is 5.02 Å². The van der Waals surface area contributed by atoms with Gasteiger partial charge >= 0.3 is 5.97 Å². The Balaban J connectivity index is 1.95. The number of pyridine rings is 2. The van der Waals surface area contributed by atoms with Crippen molar-refractivity contribution in [3.8, 4) is 17.0 Å². The van der Waals surface area contributed by atoms with Gasteiger partial charge < -0.3 is 15.2 Å². The highest BCUT2D eigenvalue weighted by Gasteiger charge is 2.41. The number of rotatable bonds is 7. The van der Waals surface area contributed by atoms with Gasteiger partial charge in [-0.25, -0.2) is 9.78 Å². The molecular formula is C26H32ClN3O3. The highest BCUT2D eigenvalue weighted by molar-refractivity contribution is 6.32. The normalized spacial score (nSPS) is 14.7. The maximum atomic E-state index is 13.0. The fraction of sp³-hybridized carbons (Fsp3) is 0.423. The summed E-state index contributed by atoms with van der Waals surface area (Å²) >= 11 is 6.57. The molecule has 33 heavy (non-hydrogen) atoms. The second-order valence-corrected chi connectivity index (χ2v) is 10.4. The van der Waals surface area contributed by atoms with E-state index in [-0.39, 0.29) is 16.8 Å². The number of halogens is 1. The van der Waals surface area contributed by atoms with E-state index in [9.17, 15) is 4.79 Å². The van der Waals surface area contributed by atoms with Gasteiger partial charge in [-0.15, -0.1) is 0 Å². The number of nitrogens with zero attached hydrogens (tertiary/aromatic N) is 2. The molecule has 1 unspecified atom stereocenters. The third-order valence-electron chi connectivity index (χ3n) is 5.06. The van der Waals surface area contributed by atoms with E-state index in [1.54, 1.807) is 46.2 Å². The number of hydrogen-bond donors (Lipinski definition) is 1. The summed E-state index contributed by atoms with van der Waals surface area (Å²) in [7, 11) is 0. The number of benzene rings is 1. The molecule has 0 amide bonds. The number of nitrogens with two attached hydrogens (primary N) is 1. The van der Waals surface area contributed by atoms with E-state index >= 15 is 0 Å². The van der Waals surface area contributed by atoms with Gasteiger partial charge in [-0.1, -0.05) is 43.6 Å². The predicted molar refractivity (Wildman–Crippen MR) is 132 cm³/mol. The lowest BCUT2D eigenvalue weighted by Gasteiger charge is -2.35. The number of aromatic nitrogens is 2. The quantitative estimate of drug-likeness (QED) is 0.440. The van der Waals surface area contributed by atoms with E-state index in [2.05, 4.69) is 9.97 Å². The summed E-state index contributed by atoms with van der Waals surface area (Å²) in [6, 6.07) is 11.5. The van der Waals surface area contributed by atoms with E-state index in [1.807, 2.05) is 44.2 Å². The Morgan fingerprint density at radius 3 is 2.45 bits per heavy atom. The Bertz CT molecular complexity index is 1130. The molecule has 0 spiro atoms. The van der Waals surface area contributed by atoms with Crippen molar-refractivity contribution >= 4 is 28.5 Å². The first-order chi connectivity index (χ1) is 15.4. The molecule has 0 saturated heterocycles. The molecule has 0 radical (unpaired) electrons. The van der Waals surface area contributed by atoms with Crippen LogP contribution in [0.3, 0.4) is 0 Å². The van der Waals surface area contributed by atoms with Gasteiger partial charge in [0.05, 0.1) is 11.1 Å². The summed E-state index contributed by atoms with van der Waals surface area (Å²) in [4.78, 5) is 21.9. The molecule has 0 aliphatic carbocycles. The summed E-state index contributed by atoms with van der Waals surface area (Å²) in [6.07, 6.45) is 2.90. The predicted octanol–water partition coefficient (Wildman–Crippen LogP) is 5.80. The van der Waals surface area contributed by atoms with Crippen LogP contribution in [-0.4, -0.2) is 33.2 Å². The summed E-state index contributed by atoms with van der Waals surface area (Å²) < 4.78 is 11.6. The van der Waals surface area contributed by atoms with Gasteiger partial charge in [0.2, 0.25) is 12.0 Å². The molecule has 0 fully saturated rings. The van der Waals surface area contributed by atoms with Gasteiger partial charge in [-0.2, -0.15) is 0 Å². The molecule has 0 aliphatic rings. The van der Waals surface area contributed by atoms with Crippen molar-refractivity contribution in [2.24, 2.45) is 11.7 Å². The van der Waals surface area contributed by atoms with Gasteiger partial charge in [0, 0.05) is 23.3 Å². The molecule has 6 nitrogen and oxygen atoms in total. The molecule has 0 saturated carbocycles. The SMILES string of the molecule is CC(C)CC(C)(N)[C@H](Oc1ncc(-c2ccnc3ccccc23)cc1Cl)C(=O)OC(C)(C)C. The molecule has 2 atom stereocenters. The Hall–Kier alpha value is -2.70. The molecule has 0 aliphatic heterocycles. The van der Waals surface area contributed by atoms with Crippen molar-refractivity contribution in [2.45, 2.75) is 65.2 Å². The van der Waals surface area contributed by atoms with Gasteiger partial charge in [0.25, 0.3) is 0 Å². The van der Waals surface area contributed by atoms with Crippen LogP contribution in [0.1, 0.15) is 48.0 Å². The van der Waals surface area contributed by atoms with Crippen molar-refractivity contribution in [1.29, 1.82) is 0 Å². The highest BCUT2D eigenvalue weighted by atomic mass is 35.5. The molecule has 1 aromatic carbocycles. The maximum Gasteiger partial charge on any atom is 0.349 e. The lowest BCUT2D eigenvalue weighted by molar-refractivity contribution is -0.167. The van der Waals surface area contributed by atoms with Crippen LogP contribution in [0, 0.1) is 5.92 Å². The molecule has 2 aromatic heterocycles. The Kier molecular flexibility index (Phi) is 7.29. The third-order valence-corrected chi connectivity index (χ3v) is 5.34. The number of fused-ring (bicyclic) bond motifs is 1. The highest BCUT2D eigenvalue weighted by Crippen LogP contribution is 2.33. The maximum absolute atomic E-state index is 13.0. The molecule has 176 valence electrons. The van der Waals surface area contributed by atoms with Crippen LogP contribution in [-0.2, 0) is 9.53 Å². The largest absolute Gasteiger partial charge is 0.459 e. The first-order valence-corrected chi connectivity index (χ1v) is 11.4. The summed E-state index contributed by atoms with van der Waals surface area (Å²) in [5.41, 5.74) is 7.54. The van der Waals surface area contributed by atoms with Crippen molar-refractivity contribution in [3.05, 3.63) is 53.8 Å². The monoisotopic (exact) mass is 469 g/mol. The second-order valence-electron chi connectivity index (χ2n) is 10.0. The van der Waals surface area contributed by atoms with Crippen LogP contribution >= 0.6 is 11.6 Å². The topological polar surface area (TPSA) is 87.3 Å². The van der Waals surface area contributed by atoms with Crippen LogP contribution in [0.5, 0.6) is 5.88 Å². The Labute approximate surface area is 200 Å². The van der Waals surface area contributed by atoms with Crippen LogP contribution < -0.4 is 10.5 Å². The Morgan fingerprint density at radius 1 is 1.12 bits per heavy atom. The molecule has 3 aromatic rings. The lowest BCUT2D eigenvalue weighted by atomic mass is 9.86. The van der Waals surface area contributed by atoms with E-state index in [4.69, 9.17) is 26.8 Å². The molecular weight excluding hydrogens is 438 g/mol. The zero-order valence-corrected chi connectivity index (χ0v) is 20.8. The Morgan fingerprint density at radius 2 is 1.82 bits per heavy atom. The zero-order valence-electron chi connectivity index (χ0n) is 20.1.